The molecule has 174 valence electrons. The number of amides is 2. The summed E-state index contributed by atoms with van der Waals surface area (Å²) in [5, 5.41) is 15.2. The number of carbonyl (C=O) groups excluding carboxylic acids is 2. The number of rotatable bonds is 9. The molecule has 1 heterocycles. The van der Waals surface area contributed by atoms with Gasteiger partial charge in [-0.3, -0.25) is 9.59 Å². The third-order valence-corrected chi connectivity index (χ3v) is 6.15. The maximum absolute atomic E-state index is 12.6. The molecular formula is C25H31N5O2S. The van der Waals surface area contributed by atoms with Crippen molar-refractivity contribution in [3.05, 3.63) is 59.2 Å². The lowest BCUT2D eigenvalue weighted by molar-refractivity contribution is -0.113. The molecule has 1 aromatic heterocycles. The summed E-state index contributed by atoms with van der Waals surface area (Å²) in [6.07, 6.45) is 0. The number of benzene rings is 2. The van der Waals surface area contributed by atoms with Gasteiger partial charge < -0.3 is 15.2 Å². The summed E-state index contributed by atoms with van der Waals surface area (Å²) in [5.74, 6) is 1.16. The van der Waals surface area contributed by atoms with Gasteiger partial charge in [0.15, 0.2) is 11.0 Å². The monoisotopic (exact) mass is 465 g/mol. The van der Waals surface area contributed by atoms with Crippen LogP contribution in [0.2, 0.25) is 0 Å². The van der Waals surface area contributed by atoms with Crippen LogP contribution in [0.1, 0.15) is 42.3 Å². The second-order valence-electron chi connectivity index (χ2n) is 8.34. The zero-order valence-electron chi connectivity index (χ0n) is 19.8. The summed E-state index contributed by atoms with van der Waals surface area (Å²) in [4.78, 5) is 24.9. The SMILES string of the molecule is CCn1c(SCC(=O)Nc2ccc(C(=O)NCC(C)C)cc2C)nnc1-c1ccccc1C. The Kier molecular flexibility index (Phi) is 8.27. The van der Waals surface area contributed by atoms with E-state index >= 15 is 0 Å². The van der Waals surface area contributed by atoms with Gasteiger partial charge in [-0.25, -0.2) is 0 Å². The Morgan fingerprint density at radius 2 is 1.82 bits per heavy atom. The molecule has 0 aliphatic rings. The summed E-state index contributed by atoms with van der Waals surface area (Å²) in [6, 6.07) is 13.4. The van der Waals surface area contributed by atoms with Gasteiger partial charge in [0.25, 0.3) is 5.91 Å². The second kappa shape index (κ2) is 11.1. The highest BCUT2D eigenvalue weighted by molar-refractivity contribution is 7.99. The van der Waals surface area contributed by atoms with Crippen LogP contribution < -0.4 is 10.6 Å². The number of carbonyl (C=O) groups is 2. The first kappa shape index (κ1) is 24.5. The van der Waals surface area contributed by atoms with Crippen LogP contribution in [0.5, 0.6) is 0 Å². The first-order valence-electron chi connectivity index (χ1n) is 11.1. The van der Waals surface area contributed by atoms with Crippen molar-refractivity contribution in [1.82, 2.24) is 20.1 Å². The molecule has 7 nitrogen and oxygen atoms in total. The van der Waals surface area contributed by atoms with Crippen LogP contribution in [-0.2, 0) is 11.3 Å². The van der Waals surface area contributed by atoms with E-state index < -0.39 is 0 Å². The number of thioether (sulfide) groups is 1. The van der Waals surface area contributed by atoms with Crippen molar-refractivity contribution in [2.75, 3.05) is 17.6 Å². The van der Waals surface area contributed by atoms with Crippen LogP contribution >= 0.6 is 11.8 Å². The zero-order valence-corrected chi connectivity index (χ0v) is 20.6. The Hall–Kier alpha value is -3.13. The fourth-order valence-corrected chi connectivity index (χ4v) is 4.17. The van der Waals surface area contributed by atoms with Gasteiger partial charge in [-0.15, -0.1) is 10.2 Å². The van der Waals surface area contributed by atoms with E-state index in [4.69, 9.17) is 0 Å². The summed E-state index contributed by atoms with van der Waals surface area (Å²) in [7, 11) is 0. The number of nitrogens with zero attached hydrogens (tertiary/aromatic N) is 3. The molecule has 0 saturated carbocycles. The number of hydrogen-bond acceptors (Lipinski definition) is 5. The van der Waals surface area contributed by atoms with Crippen LogP contribution in [0, 0.1) is 19.8 Å². The fraction of sp³-hybridized carbons (Fsp3) is 0.360. The van der Waals surface area contributed by atoms with Gasteiger partial charge in [-0.05, 0) is 56.0 Å². The quantitative estimate of drug-likeness (QED) is 0.447. The first-order valence-corrected chi connectivity index (χ1v) is 12.1. The molecule has 0 aliphatic carbocycles. The highest BCUT2D eigenvalue weighted by Crippen LogP contribution is 2.26. The number of nitrogens with one attached hydrogen (secondary N) is 2. The Bertz CT molecular complexity index is 1140. The molecule has 0 atom stereocenters. The smallest absolute Gasteiger partial charge is 0.251 e. The molecule has 0 radical (unpaired) electrons. The molecule has 3 rings (SSSR count). The van der Waals surface area contributed by atoms with E-state index in [-0.39, 0.29) is 17.6 Å². The van der Waals surface area contributed by atoms with Crippen molar-refractivity contribution in [2.45, 2.75) is 46.3 Å². The van der Waals surface area contributed by atoms with Crippen LogP contribution in [-0.4, -0.2) is 38.9 Å². The van der Waals surface area contributed by atoms with Gasteiger partial charge in [0, 0.05) is 29.9 Å². The third-order valence-electron chi connectivity index (χ3n) is 5.18. The summed E-state index contributed by atoms with van der Waals surface area (Å²) in [6.45, 7) is 11.4. The molecule has 2 aromatic carbocycles. The van der Waals surface area contributed by atoms with Crippen molar-refractivity contribution in [3.8, 4) is 11.4 Å². The summed E-state index contributed by atoms with van der Waals surface area (Å²) in [5.41, 5.74) is 4.28. The summed E-state index contributed by atoms with van der Waals surface area (Å²) < 4.78 is 2.02. The Morgan fingerprint density at radius 1 is 1.06 bits per heavy atom. The van der Waals surface area contributed by atoms with Gasteiger partial charge in [0.05, 0.1) is 5.75 Å². The molecule has 0 spiro atoms. The minimum atomic E-state index is -0.136. The largest absolute Gasteiger partial charge is 0.352 e. The molecule has 3 aromatic rings. The minimum Gasteiger partial charge on any atom is -0.352 e. The molecule has 33 heavy (non-hydrogen) atoms. The molecule has 2 N–H and O–H groups in total. The van der Waals surface area contributed by atoms with E-state index in [2.05, 4.69) is 34.7 Å². The standard InChI is InChI=1S/C25H31N5O2S/c1-6-30-23(20-10-8-7-9-17(20)4)28-29-25(30)33-15-22(31)27-21-12-11-19(13-18(21)5)24(32)26-14-16(2)3/h7-13,16H,6,14-15H2,1-5H3,(H,26,32)(H,27,31). The van der Waals surface area contributed by atoms with E-state index in [0.717, 1.165) is 22.5 Å². The maximum Gasteiger partial charge on any atom is 0.251 e. The molecule has 0 unspecified atom stereocenters. The lowest BCUT2D eigenvalue weighted by Gasteiger charge is -2.12. The van der Waals surface area contributed by atoms with Crippen molar-refractivity contribution in [2.24, 2.45) is 5.92 Å². The molecule has 2 amide bonds. The molecule has 0 saturated heterocycles. The minimum absolute atomic E-state index is 0.108. The number of aromatic nitrogens is 3. The van der Waals surface area contributed by atoms with Crippen molar-refractivity contribution < 1.29 is 9.59 Å². The average Bonchev–Trinajstić information content (AvgIpc) is 3.20. The molecule has 0 bridgehead atoms. The number of anilines is 1. The Labute approximate surface area is 199 Å². The lowest BCUT2D eigenvalue weighted by atomic mass is 10.1. The molecule has 8 heteroatoms. The first-order chi connectivity index (χ1) is 15.8. The van der Waals surface area contributed by atoms with E-state index in [1.165, 1.54) is 11.8 Å². The van der Waals surface area contributed by atoms with E-state index in [1.54, 1.807) is 18.2 Å². The third kappa shape index (κ3) is 6.22. The molecular weight excluding hydrogens is 434 g/mol. The fourth-order valence-electron chi connectivity index (χ4n) is 3.36. The highest BCUT2D eigenvalue weighted by Gasteiger charge is 2.16. The summed E-state index contributed by atoms with van der Waals surface area (Å²) >= 11 is 1.36. The van der Waals surface area contributed by atoms with Gasteiger partial charge in [-0.1, -0.05) is 49.9 Å². The average molecular weight is 466 g/mol. The van der Waals surface area contributed by atoms with Gasteiger partial charge in [-0.2, -0.15) is 0 Å². The second-order valence-corrected chi connectivity index (χ2v) is 9.28. The zero-order chi connectivity index (χ0) is 24.0. The number of aryl methyl sites for hydroxylation is 2. The predicted octanol–water partition coefficient (Wildman–Crippen LogP) is 4.70. The molecule has 0 fully saturated rings. The van der Waals surface area contributed by atoms with E-state index in [0.29, 0.717) is 35.4 Å². The number of hydrogen-bond donors (Lipinski definition) is 2. The van der Waals surface area contributed by atoms with E-state index in [1.807, 2.05) is 49.6 Å². The Morgan fingerprint density at radius 3 is 2.48 bits per heavy atom. The van der Waals surface area contributed by atoms with Gasteiger partial charge >= 0.3 is 0 Å². The Balaban J connectivity index is 1.63. The van der Waals surface area contributed by atoms with Crippen molar-refractivity contribution in [1.29, 1.82) is 0 Å². The molecule has 0 aliphatic heterocycles. The van der Waals surface area contributed by atoms with Crippen molar-refractivity contribution in [3.63, 3.8) is 0 Å². The van der Waals surface area contributed by atoms with Crippen LogP contribution in [0.15, 0.2) is 47.6 Å². The van der Waals surface area contributed by atoms with Crippen molar-refractivity contribution >= 4 is 29.3 Å². The maximum atomic E-state index is 12.6. The van der Waals surface area contributed by atoms with Crippen LogP contribution in [0.4, 0.5) is 5.69 Å². The normalized spacial score (nSPS) is 11.0. The van der Waals surface area contributed by atoms with Crippen LogP contribution in [0.25, 0.3) is 11.4 Å². The van der Waals surface area contributed by atoms with E-state index in [9.17, 15) is 9.59 Å². The van der Waals surface area contributed by atoms with Gasteiger partial charge in [0.2, 0.25) is 5.91 Å². The topological polar surface area (TPSA) is 88.9 Å². The highest BCUT2D eigenvalue weighted by atomic mass is 32.2. The lowest BCUT2D eigenvalue weighted by Crippen LogP contribution is -2.27. The predicted molar refractivity (Wildman–Crippen MR) is 134 cm³/mol. The van der Waals surface area contributed by atoms with Crippen LogP contribution in [0.3, 0.4) is 0 Å². The van der Waals surface area contributed by atoms with Gasteiger partial charge in [0.1, 0.15) is 0 Å².